The normalized spacial score (nSPS) is 16.5. The summed E-state index contributed by atoms with van der Waals surface area (Å²) in [5.41, 5.74) is 0.980. The molecule has 9 nitrogen and oxygen atoms in total. The van der Waals surface area contributed by atoms with Gasteiger partial charge in [-0.3, -0.25) is 9.59 Å². The number of nitrogens with zero attached hydrogens (tertiary/aromatic N) is 4. The van der Waals surface area contributed by atoms with Crippen LogP contribution in [0.3, 0.4) is 0 Å². The summed E-state index contributed by atoms with van der Waals surface area (Å²) in [4.78, 5) is 41.9. The van der Waals surface area contributed by atoms with Crippen LogP contribution in [0.5, 0.6) is 0 Å². The van der Waals surface area contributed by atoms with Gasteiger partial charge in [0.15, 0.2) is 0 Å². The summed E-state index contributed by atoms with van der Waals surface area (Å²) in [6.45, 7) is 2.59. The highest BCUT2D eigenvalue weighted by Gasteiger charge is 2.28. The Hall–Kier alpha value is -2.81. The molecule has 0 aromatic carbocycles. The van der Waals surface area contributed by atoms with Gasteiger partial charge in [0.2, 0.25) is 0 Å². The van der Waals surface area contributed by atoms with Gasteiger partial charge in [-0.25, -0.2) is 9.78 Å². The summed E-state index contributed by atoms with van der Waals surface area (Å²) in [7, 11) is 0. The van der Waals surface area contributed by atoms with Crippen molar-refractivity contribution < 1.29 is 14.7 Å². The van der Waals surface area contributed by atoms with Gasteiger partial charge < -0.3 is 24.5 Å². The fraction of sp³-hybridized carbons (Fsp3) is 0.412. The maximum Gasteiger partial charge on any atom is 0.407 e. The molecule has 144 valence electrons. The molecule has 0 bridgehead atoms. The molecule has 2 N–H and O–H groups in total. The van der Waals surface area contributed by atoms with Crippen LogP contribution in [0, 0.1) is 6.92 Å². The number of nitrogens with one attached hydrogen (secondary N) is 1. The first kappa shape index (κ1) is 19.0. The highest BCUT2D eigenvalue weighted by Crippen LogP contribution is 2.11. The summed E-state index contributed by atoms with van der Waals surface area (Å²) in [5, 5.41) is 11.8. The molecule has 0 saturated carbocycles. The van der Waals surface area contributed by atoms with Crippen molar-refractivity contribution in [1.82, 2.24) is 24.3 Å². The Morgan fingerprint density at radius 2 is 2.19 bits per heavy atom. The third-order valence-electron chi connectivity index (χ3n) is 4.48. The van der Waals surface area contributed by atoms with Gasteiger partial charge in [0.05, 0.1) is 12.0 Å². The Balaban J connectivity index is 1.86. The number of amides is 2. The molecule has 0 radical (unpaired) electrons. The summed E-state index contributed by atoms with van der Waals surface area (Å²) < 4.78 is 2.93. The van der Waals surface area contributed by atoms with E-state index in [1.807, 2.05) is 6.92 Å². The minimum Gasteiger partial charge on any atom is -0.465 e. The van der Waals surface area contributed by atoms with Crippen molar-refractivity contribution >= 4 is 23.6 Å². The van der Waals surface area contributed by atoms with Gasteiger partial charge in [0, 0.05) is 37.8 Å². The summed E-state index contributed by atoms with van der Waals surface area (Å²) >= 11 is 5.83. The van der Waals surface area contributed by atoms with Crippen LogP contribution >= 0.6 is 11.6 Å². The molecule has 2 aromatic rings. The van der Waals surface area contributed by atoms with E-state index in [2.05, 4.69) is 10.3 Å². The van der Waals surface area contributed by atoms with Crippen molar-refractivity contribution in [2.24, 2.45) is 0 Å². The third-order valence-corrected chi connectivity index (χ3v) is 4.65. The SMILES string of the molecule is Cc1cn(-c2ccc(C(=O)N[C@@H]3CCN(C(=O)O)C3)n(CCCl)c2=O)cn1. The molecular weight excluding hydrogens is 374 g/mol. The van der Waals surface area contributed by atoms with Gasteiger partial charge >= 0.3 is 6.09 Å². The Morgan fingerprint density at radius 3 is 2.78 bits per heavy atom. The van der Waals surface area contributed by atoms with Crippen LogP contribution in [-0.2, 0) is 6.54 Å². The minimum atomic E-state index is -1.01. The van der Waals surface area contributed by atoms with E-state index in [0.717, 1.165) is 5.69 Å². The lowest BCUT2D eigenvalue weighted by atomic mass is 10.2. The molecule has 0 aliphatic carbocycles. The second-order valence-corrected chi connectivity index (χ2v) is 6.74. The van der Waals surface area contributed by atoms with Gasteiger partial charge in [-0.05, 0) is 25.5 Å². The third kappa shape index (κ3) is 3.97. The summed E-state index contributed by atoms with van der Waals surface area (Å²) in [6.07, 6.45) is 2.78. The number of hydrogen-bond acceptors (Lipinski definition) is 4. The average Bonchev–Trinajstić information content (AvgIpc) is 3.26. The molecule has 0 unspecified atom stereocenters. The van der Waals surface area contributed by atoms with Crippen molar-refractivity contribution in [3.05, 3.63) is 46.4 Å². The summed E-state index contributed by atoms with van der Waals surface area (Å²) in [5.74, 6) is -0.258. The van der Waals surface area contributed by atoms with Crippen molar-refractivity contribution in [1.29, 1.82) is 0 Å². The second-order valence-electron chi connectivity index (χ2n) is 6.36. The maximum atomic E-state index is 12.9. The predicted octanol–water partition coefficient (Wildman–Crippen LogP) is 1.06. The van der Waals surface area contributed by atoms with E-state index in [0.29, 0.717) is 18.7 Å². The maximum absolute atomic E-state index is 12.9. The first-order chi connectivity index (χ1) is 12.9. The molecule has 27 heavy (non-hydrogen) atoms. The van der Waals surface area contributed by atoms with Crippen LogP contribution < -0.4 is 10.9 Å². The number of aryl methyl sites for hydroxylation is 1. The van der Waals surface area contributed by atoms with Crippen LogP contribution in [0.25, 0.3) is 5.69 Å². The lowest BCUT2D eigenvalue weighted by Gasteiger charge is -2.17. The quantitative estimate of drug-likeness (QED) is 0.738. The number of carbonyl (C=O) groups excluding carboxylic acids is 1. The first-order valence-electron chi connectivity index (χ1n) is 8.50. The Labute approximate surface area is 160 Å². The number of carboxylic acid groups (broad SMARTS) is 1. The number of halogens is 1. The van der Waals surface area contributed by atoms with Gasteiger partial charge in [-0.1, -0.05) is 0 Å². The zero-order chi connectivity index (χ0) is 19.6. The lowest BCUT2D eigenvalue weighted by Crippen LogP contribution is -2.41. The van der Waals surface area contributed by atoms with E-state index < -0.39 is 12.0 Å². The van der Waals surface area contributed by atoms with E-state index in [-0.39, 0.29) is 36.3 Å². The second kappa shape index (κ2) is 7.83. The molecule has 3 heterocycles. The topological polar surface area (TPSA) is 109 Å². The Bertz CT molecular complexity index is 922. The van der Waals surface area contributed by atoms with Gasteiger partial charge in [0.25, 0.3) is 11.5 Å². The van der Waals surface area contributed by atoms with Crippen molar-refractivity contribution in [2.45, 2.75) is 25.9 Å². The Morgan fingerprint density at radius 1 is 1.41 bits per heavy atom. The van der Waals surface area contributed by atoms with E-state index in [9.17, 15) is 14.4 Å². The monoisotopic (exact) mass is 393 g/mol. The number of hydrogen-bond donors (Lipinski definition) is 2. The van der Waals surface area contributed by atoms with E-state index in [4.69, 9.17) is 16.7 Å². The van der Waals surface area contributed by atoms with E-state index >= 15 is 0 Å². The van der Waals surface area contributed by atoms with E-state index in [1.165, 1.54) is 15.8 Å². The van der Waals surface area contributed by atoms with Gasteiger partial charge in [0.1, 0.15) is 11.4 Å². The molecule has 1 atom stereocenters. The fourth-order valence-electron chi connectivity index (χ4n) is 3.13. The zero-order valence-corrected chi connectivity index (χ0v) is 15.5. The lowest BCUT2D eigenvalue weighted by molar-refractivity contribution is 0.0925. The number of carbonyl (C=O) groups is 2. The van der Waals surface area contributed by atoms with Crippen molar-refractivity contribution in [2.75, 3.05) is 19.0 Å². The van der Waals surface area contributed by atoms with Crippen LogP contribution in [-0.4, -0.2) is 61.1 Å². The molecule has 1 saturated heterocycles. The fourth-order valence-corrected chi connectivity index (χ4v) is 3.30. The number of imidazole rings is 1. The molecule has 1 aliphatic rings. The smallest absolute Gasteiger partial charge is 0.407 e. The molecule has 0 spiro atoms. The molecule has 1 fully saturated rings. The molecule has 1 aliphatic heterocycles. The molecule has 3 rings (SSSR count). The van der Waals surface area contributed by atoms with Crippen molar-refractivity contribution in [3.8, 4) is 5.69 Å². The van der Waals surface area contributed by atoms with Gasteiger partial charge in [-0.15, -0.1) is 11.6 Å². The Kier molecular flexibility index (Phi) is 5.50. The number of rotatable bonds is 5. The number of likely N-dealkylation sites (tertiary alicyclic amines) is 1. The highest BCUT2D eigenvalue weighted by atomic mass is 35.5. The van der Waals surface area contributed by atoms with Crippen LogP contribution in [0.15, 0.2) is 29.5 Å². The molecule has 2 amide bonds. The number of alkyl halides is 1. The molecule has 2 aromatic heterocycles. The van der Waals surface area contributed by atoms with Crippen LogP contribution in [0.4, 0.5) is 4.79 Å². The van der Waals surface area contributed by atoms with Crippen LogP contribution in [0.2, 0.25) is 0 Å². The predicted molar refractivity (Wildman–Crippen MR) is 98.8 cm³/mol. The largest absolute Gasteiger partial charge is 0.465 e. The van der Waals surface area contributed by atoms with Gasteiger partial charge in [-0.2, -0.15) is 0 Å². The average molecular weight is 394 g/mol. The molecule has 10 heteroatoms. The highest BCUT2D eigenvalue weighted by molar-refractivity contribution is 6.17. The van der Waals surface area contributed by atoms with E-state index in [1.54, 1.807) is 22.9 Å². The zero-order valence-electron chi connectivity index (χ0n) is 14.8. The molecular formula is C17H20ClN5O4. The standard InChI is InChI=1S/C17H20ClN5O4/c1-11-8-22(10-19-11)14-3-2-13(23(7-5-18)16(14)25)15(24)20-12-4-6-21(9-12)17(26)27/h2-3,8,10,12H,4-7,9H2,1H3,(H,20,24)(H,26,27)/t12-/m1/s1. The van der Waals surface area contributed by atoms with Crippen molar-refractivity contribution in [3.63, 3.8) is 0 Å². The minimum absolute atomic E-state index is 0.169. The number of aromatic nitrogens is 3. The van der Waals surface area contributed by atoms with Crippen LogP contribution in [0.1, 0.15) is 22.6 Å². The number of pyridine rings is 1. The summed E-state index contributed by atoms with van der Waals surface area (Å²) in [6, 6.07) is 2.85. The first-order valence-corrected chi connectivity index (χ1v) is 9.03.